The van der Waals surface area contributed by atoms with Crippen LogP contribution in [0.3, 0.4) is 0 Å². The van der Waals surface area contributed by atoms with Crippen molar-refractivity contribution in [2.24, 2.45) is 35.1 Å². The Balaban J connectivity index is 1.45. The summed E-state index contributed by atoms with van der Waals surface area (Å²) in [5.74, 6) is -1.24. The molecule has 0 unspecified atom stereocenters. The molecule has 2 amide bonds. The predicted octanol–water partition coefficient (Wildman–Crippen LogP) is 2.37. The number of amides is 2. The third-order valence-electron chi connectivity index (χ3n) is 9.75. The highest BCUT2D eigenvalue weighted by Crippen LogP contribution is 2.60. The van der Waals surface area contributed by atoms with Crippen LogP contribution < -0.4 is 16.8 Å². The molecule has 5 aliphatic rings. The lowest BCUT2D eigenvalue weighted by atomic mass is 9.57. The maximum absolute atomic E-state index is 13.8. The van der Waals surface area contributed by atoms with Crippen LogP contribution >= 0.6 is 0 Å². The Labute approximate surface area is 256 Å². The highest BCUT2D eigenvalue weighted by molar-refractivity contribution is 5.83. The summed E-state index contributed by atoms with van der Waals surface area (Å²) in [5, 5.41) is 2.80. The summed E-state index contributed by atoms with van der Waals surface area (Å²) in [5.41, 5.74) is 10.1. The molecule has 1 saturated carbocycles. The zero-order valence-electron chi connectivity index (χ0n) is 26.9. The molecular formula is C31H54N4O8. The molecule has 0 aromatic heterocycles. The molecule has 0 radical (unpaired) electrons. The van der Waals surface area contributed by atoms with Gasteiger partial charge in [0.05, 0.1) is 18.6 Å². The molecule has 4 heterocycles. The number of rotatable bonds is 12. The van der Waals surface area contributed by atoms with E-state index >= 15 is 0 Å². The van der Waals surface area contributed by atoms with E-state index in [4.69, 9.17) is 35.5 Å². The van der Waals surface area contributed by atoms with E-state index in [0.29, 0.717) is 25.3 Å². The van der Waals surface area contributed by atoms with Gasteiger partial charge in [0, 0.05) is 25.4 Å². The van der Waals surface area contributed by atoms with E-state index in [-0.39, 0.29) is 55.6 Å². The number of hydrogen-bond acceptors (Lipinski definition) is 10. The number of hydrogen-bond donors (Lipinski definition) is 3. The average Bonchev–Trinajstić information content (AvgIpc) is 3.15. The molecule has 4 saturated heterocycles. The number of nitrogens with zero attached hydrogens (tertiary/aromatic N) is 1. The molecule has 1 aliphatic carbocycles. The predicted molar refractivity (Wildman–Crippen MR) is 158 cm³/mol. The van der Waals surface area contributed by atoms with Crippen molar-refractivity contribution in [3.05, 3.63) is 0 Å². The number of nitrogens with two attached hydrogens (primary N) is 2. The Morgan fingerprint density at radius 1 is 1.09 bits per heavy atom. The van der Waals surface area contributed by atoms with E-state index in [2.05, 4.69) is 19.2 Å². The summed E-state index contributed by atoms with van der Waals surface area (Å²) >= 11 is 0. The van der Waals surface area contributed by atoms with Crippen molar-refractivity contribution in [2.75, 3.05) is 26.2 Å². The van der Waals surface area contributed by atoms with Gasteiger partial charge in [0.25, 0.3) is 0 Å². The molecule has 5 fully saturated rings. The lowest BCUT2D eigenvalue weighted by molar-refractivity contribution is -0.570. The van der Waals surface area contributed by atoms with Crippen molar-refractivity contribution in [1.82, 2.24) is 10.2 Å². The van der Waals surface area contributed by atoms with Crippen molar-refractivity contribution in [3.63, 3.8) is 0 Å². The fourth-order valence-electron chi connectivity index (χ4n) is 7.42. The Hall–Kier alpha value is -1.83. The maximum Gasteiger partial charge on any atom is 0.326 e. The maximum atomic E-state index is 13.8. The van der Waals surface area contributed by atoms with E-state index in [1.165, 1.54) is 4.90 Å². The van der Waals surface area contributed by atoms with Gasteiger partial charge < -0.3 is 35.9 Å². The van der Waals surface area contributed by atoms with Crippen LogP contribution in [0.4, 0.5) is 0 Å². The van der Waals surface area contributed by atoms with Crippen LogP contribution in [0, 0.1) is 23.7 Å². The summed E-state index contributed by atoms with van der Waals surface area (Å²) in [6.07, 6.45) is 4.67. The summed E-state index contributed by atoms with van der Waals surface area (Å²) < 4.78 is 18.5. The van der Waals surface area contributed by atoms with Crippen LogP contribution in [0.15, 0.2) is 0 Å². The molecule has 246 valence electrons. The molecule has 12 heteroatoms. The summed E-state index contributed by atoms with van der Waals surface area (Å²) in [7, 11) is 0. The van der Waals surface area contributed by atoms with Crippen molar-refractivity contribution >= 4 is 17.8 Å². The molecule has 1 spiro atoms. The minimum absolute atomic E-state index is 0.0144. The first kappa shape index (κ1) is 34.1. The molecule has 5 N–H and O–H groups in total. The summed E-state index contributed by atoms with van der Waals surface area (Å²) in [6.45, 7) is 12.2. The first-order valence-electron chi connectivity index (χ1n) is 16.1. The van der Waals surface area contributed by atoms with Crippen LogP contribution in [0.25, 0.3) is 0 Å². The topological polar surface area (TPSA) is 165 Å². The molecule has 9 atom stereocenters. The first-order valence-corrected chi connectivity index (χ1v) is 16.1. The van der Waals surface area contributed by atoms with Crippen molar-refractivity contribution in [1.29, 1.82) is 0 Å². The molecule has 5 rings (SSSR count). The van der Waals surface area contributed by atoms with Crippen molar-refractivity contribution in [2.45, 2.75) is 128 Å². The highest BCUT2D eigenvalue weighted by atomic mass is 17.3. The van der Waals surface area contributed by atoms with E-state index in [0.717, 1.165) is 32.1 Å². The molecule has 0 aromatic rings. The quantitative estimate of drug-likeness (QED) is 0.170. The fourth-order valence-corrected chi connectivity index (χ4v) is 7.42. The third-order valence-corrected chi connectivity index (χ3v) is 9.75. The number of ether oxygens (including phenoxy) is 3. The van der Waals surface area contributed by atoms with E-state index < -0.39 is 41.4 Å². The number of fused-ring (bicyclic) bond motifs is 2. The second kappa shape index (κ2) is 13.7. The summed E-state index contributed by atoms with van der Waals surface area (Å²) in [4.78, 5) is 52.7. The Kier molecular flexibility index (Phi) is 10.8. The third kappa shape index (κ3) is 7.70. The zero-order valence-corrected chi connectivity index (χ0v) is 26.9. The van der Waals surface area contributed by atoms with Crippen molar-refractivity contribution < 1.29 is 38.4 Å². The summed E-state index contributed by atoms with van der Waals surface area (Å²) in [6, 6.07) is -0.657. The first-order chi connectivity index (χ1) is 20.2. The minimum atomic E-state index is -0.904. The molecular weight excluding hydrogens is 556 g/mol. The van der Waals surface area contributed by atoms with Gasteiger partial charge in [-0.3, -0.25) is 14.4 Å². The average molecular weight is 611 g/mol. The zero-order chi connectivity index (χ0) is 31.6. The Bertz CT molecular complexity index is 1010. The lowest BCUT2D eigenvalue weighted by Gasteiger charge is -2.60. The molecule has 4 aliphatic heterocycles. The number of carbonyl (C=O) groups excluding carboxylic acids is 3. The van der Waals surface area contributed by atoms with Gasteiger partial charge in [-0.1, -0.05) is 20.3 Å². The number of carbonyl (C=O) groups is 3. The van der Waals surface area contributed by atoms with E-state index in [1.54, 1.807) is 20.8 Å². The van der Waals surface area contributed by atoms with E-state index in [1.807, 2.05) is 6.92 Å². The molecule has 0 aromatic carbocycles. The van der Waals surface area contributed by atoms with Gasteiger partial charge >= 0.3 is 5.97 Å². The monoisotopic (exact) mass is 610 g/mol. The largest absolute Gasteiger partial charge is 0.459 e. The van der Waals surface area contributed by atoms with Gasteiger partial charge in [-0.05, 0) is 84.1 Å². The SMILES string of the molecule is C[C@H]1[C@@H](CC(=O)N(CCNC(=O)[C@@H](N)CCCCN)CC(=O)OC(C)(C)C)O[C@@H]2O[C@@]3(C)CC[C@H]4[C@H](C)CC[C@@H]1[C@@]24OO3. The highest BCUT2D eigenvalue weighted by Gasteiger charge is 2.69. The van der Waals surface area contributed by atoms with Crippen molar-refractivity contribution in [3.8, 4) is 0 Å². The van der Waals surface area contributed by atoms with Gasteiger partial charge in [0.15, 0.2) is 11.9 Å². The molecule has 2 bridgehead atoms. The van der Waals surface area contributed by atoms with E-state index in [9.17, 15) is 14.4 Å². The number of esters is 1. The van der Waals surface area contributed by atoms with Crippen LogP contribution in [0.1, 0.15) is 92.9 Å². The minimum Gasteiger partial charge on any atom is -0.459 e. The standard InChI is InChI=1S/C31H54N4O8/c1-19-10-11-22-20(2)24(39-28-31(22)21(19)12-13-30(6,41-28)42-43-31)17-25(36)35(18-26(37)40-29(3,4)5)16-15-34-27(38)23(33)9-7-8-14-32/h19-24,28H,7-18,32-33H2,1-6H3,(H,34,38)/t19-,20-,21+,22+,23+,24-,28-,30-,31-/m1/s1. The number of nitrogens with one attached hydrogen (secondary N) is 1. The van der Waals surface area contributed by atoms with Gasteiger partial charge in [-0.15, -0.1) is 0 Å². The Morgan fingerprint density at radius 2 is 1.84 bits per heavy atom. The number of unbranched alkanes of at least 4 members (excludes halogenated alkanes) is 1. The van der Waals surface area contributed by atoms with Crippen LogP contribution in [0.5, 0.6) is 0 Å². The molecule has 12 nitrogen and oxygen atoms in total. The van der Waals surface area contributed by atoms with Gasteiger partial charge in [-0.25, -0.2) is 9.78 Å². The normalized spacial score (nSPS) is 35.8. The Morgan fingerprint density at radius 3 is 2.53 bits per heavy atom. The van der Waals surface area contributed by atoms with Gasteiger partial charge in [0.1, 0.15) is 12.1 Å². The lowest BCUT2D eigenvalue weighted by Crippen LogP contribution is -2.70. The second-order valence-electron chi connectivity index (χ2n) is 14.2. The second-order valence-corrected chi connectivity index (χ2v) is 14.2. The fraction of sp³-hybridized carbons (Fsp3) is 0.903. The van der Waals surface area contributed by atoms with Crippen LogP contribution in [0.2, 0.25) is 0 Å². The van der Waals surface area contributed by atoms with Gasteiger partial charge in [-0.2, -0.15) is 0 Å². The van der Waals surface area contributed by atoms with Crippen LogP contribution in [-0.4, -0.2) is 84.3 Å². The molecule has 43 heavy (non-hydrogen) atoms. The smallest absolute Gasteiger partial charge is 0.326 e. The van der Waals surface area contributed by atoms with Crippen LogP contribution in [-0.2, 0) is 38.4 Å². The van der Waals surface area contributed by atoms with Gasteiger partial charge in [0.2, 0.25) is 17.6 Å².